The molecule has 0 saturated carbocycles. The average Bonchev–Trinajstić information content (AvgIpc) is 2.85. The Morgan fingerprint density at radius 1 is 1.42 bits per heavy atom. The van der Waals surface area contributed by atoms with Crippen LogP contribution in [0.2, 0.25) is 0 Å². The van der Waals surface area contributed by atoms with E-state index >= 15 is 0 Å². The quantitative estimate of drug-likeness (QED) is 0.627. The van der Waals surface area contributed by atoms with E-state index in [9.17, 15) is 9.18 Å². The number of nitrogens with zero attached hydrogens (tertiary/aromatic N) is 3. The molecule has 0 radical (unpaired) electrons. The Labute approximate surface area is 118 Å². The molecule has 0 unspecified atom stereocenters. The van der Waals surface area contributed by atoms with Crippen LogP contribution in [0.4, 0.5) is 9.52 Å². The first-order valence-electron chi connectivity index (χ1n) is 5.48. The van der Waals surface area contributed by atoms with Crippen molar-refractivity contribution in [1.82, 2.24) is 10.2 Å². The van der Waals surface area contributed by atoms with Crippen LogP contribution in [0.25, 0.3) is 0 Å². The van der Waals surface area contributed by atoms with Gasteiger partial charge in [0.25, 0.3) is 0 Å². The van der Waals surface area contributed by atoms with Crippen molar-refractivity contribution in [3.63, 3.8) is 0 Å². The van der Waals surface area contributed by atoms with Gasteiger partial charge >= 0.3 is 0 Å². The highest BCUT2D eigenvalue weighted by atomic mass is 32.2. The van der Waals surface area contributed by atoms with Crippen LogP contribution in [0.15, 0.2) is 28.6 Å². The van der Waals surface area contributed by atoms with Gasteiger partial charge in [-0.05, 0) is 12.1 Å². The summed E-state index contributed by atoms with van der Waals surface area (Å²) < 4.78 is 13.7. The Kier molecular flexibility index (Phi) is 4.49. The van der Waals surface area contributed by atoms with Gasteiger partial charge in [0.1, 0.15) is 5.82 Å². The van der Waals surface area contributed by atoms with Crippen LogP contribution in [0.1, 0.15) is 10.4 Å². The standard InChI is InChI=1S/C12H12FN3OS2/c1-16(2)11-14-15-12(19-11)18-7-10(17)8-4-3-5-9(13)6-8/h3-6H,7H2,1-2H3. The van der Waals surface area contributed by atoms with Gasteiger partial charge in [-0.3, -0.25) is 4.79 Å². The van der Waals surface area contributed by atoms with Crippen molar-refractivity contribution in [1.29, 1.82) is 0 Å². The summed E-state index contributed by atoms with van der Waals surface area (Å²) in [6.45, 7) is 0. The lowest BCUT2D eigenvalue weighted by Crippen LogP contribution is -2.07. The smallest absolute Gasteiger partial charge is 0.208 e. The molecule has 0 aliphatic rings. The second-order valence-electron chi connectivity index (χ2n) is 3.97. The molecule has 0 aliphatic carbocycles. The topological polar surface area (TPSA) is 46.1 Å². The number of carbonyl (C=O) groups excluding carboxylic acids is 1. The van der Waals surface area contributed by atoms with Gasteiger partial charge in [0, 0.05) is 19.7 Å². The van der Waals surface area contributed by atoms with Crippen molar-refractivity contribution in [2.24, 2.45) is 0 Å². The number of thioether (sulfide) groups is 1. The Balaban J connectivity index is 1.96. The second kappa shape index (κ2) is 6.12. The number of benzene rings is 1. The first-order valence-corrected chi connectivity index (χ1v) is 7.29. The highest BCUT2D eigenvalue weighted by molar-refractivity contribution is 8.01. The van der Waals surface area contributed by atoms with Crippen LogP contribution >= 0.6 is 23.1 Å². The summed E-state index contributed by atoms with van der Waals surface area (Å²) in [5.74, 6) is -0.293. The summed E-state index contributed by atoms with van der Waals surface area (Å²) in [6.07, 6.45) is 0. The number of aromatic nitrogens is 2. The predicted octanol–water partition coefficient (Wildman–Crippen LogP) is 2.72. The van der Waals surface area contributed by atoms with Gasteiger partial charge in [0.2, 0.25) is 5.13 Å². The minimum absolute atomic E-state index is 0.119. The minimum Gasteiger partial charge on any atom is -0.353 e. The largest absolute Gasteiger partial charge is 0.353 e. The van der Waals surface area contributed by atoms with E-state index in [4.69, 9.17) is 0 Å². The maximum absolute atomic E-state index is 13.0. The number of hydrogen-bond acceptors (Lipinski definition) is 6. The Bertz CT molecular complexity index is 586. The molecule has 0 amide bonds. The fraction of sp³-hybridized carbons (Fsp3) is 0.250. The summed E-state index contributed by atoms with van der Waals surface area (Å²) in [5.41, 5.74) is 0.379. The number of rotatable bonds is 5. The molecule has 19 heavy (non-hydrogen) atoms. The summed E-state index contributed by atoms with van der Waals surface area (Å²) in [6, 6.07) is 5.70. The van der Waals surface area contributed by atoms with Crippen LogP contribution < -0.4 is 4.90 Å². The van der Waals surface area contributed by atoms with Gasteiger partial charge in [-0.25, -0.2) is 4.39 Å². The van der Waals surface area contributed by atoms with E-state index in [-0.39, 0.29) is 11.5 Å². The maximum Gasteiger partial charge on any atom is 0.208 e. The van der Waals surface area contributed by atoms with E-state index in [1.807, 2.05) is 19.0 Å². The van der Waals surface area contributed by atoms with Gasteiger partial charge in [-0.2, -0.15) is 0 Å². The van der Waals surface area contributed by atoms with E-state index < -0.39 is 5.82 Å². The molecule has 2 aromatic rings. The van der Waals surface area contributed by atoms with Gasteiger partial charge in [0.05, 0.1) is 5.75 Å². The molecule has 1 heterocycles. The third-order valence-electron chi connectivity index (χ3n) is 2.25. The summed E-state index contributed by atoms with van der Waals surface area (Å²) in [4.78, 5) is 13.7. The first kappa shape index (κ1) is 14.0. The highest BCUT2D eigenvalue weighted by Gasteiger charge is 2.11. The SMILES string of the molecule is CN(C)c1nnc(SCC(=O)c2cccc(F)c2)s1. The number of ketones is 1. The van der Waals surface area contributed by atoms with Crippen molar-refractivity contribution >= 4 is 34.0 Å². The molecule has 0 bridgehead atoms. The molecule has 0 N–H and O–H groups in total. The van der Waals surface area contributed by atoms with Crippen LogP contribution in [0.5, 0.6) is 0 Å². The Morgan fingerprint density at radius 2 is 2.21 bits per heavy atom. The maximum atomic E-state index is 13.0. The van der Waals surface area contributed by atoms with Gasteiger partial charge < -0.3 is 4.90 Å². The van der Waals surface area contributed by atoms with Crippen LogP contribution in [0.3, 0.4) is 0 Å². The summed E-state index contributed by atoms with van der Waals surface area (Å²) >= 11 is 2.74. The fourth-order valence-corrected chi connectivity index (χ4v) is 2.97. The predicted molar refractivity (Wildman–Crippen MR) is 75.7 cm³/mol. The number of Topliss-reactive ketones (excluding diaryl/α,β-unsaturated/α-hetero) is 1. The van der Waals surface area contributed by atoms with Gasteiger partial charge in [-0.1, -0.05) is 35.2 Å². The number of halogens is 1. The van der Waals surface area contributed by atoms with Crippen molar-refractivity contribution in [2.45, 2.75) is 4.34 Å². The first-order chi connectivity index (χ1) is 9.06. The Morgan fingerprint density at radius 3 is 2.84 bits per heavy atom. The molecule has 100 valence electrons. The van der Waals surface area contributed by atoms with Gasteiger partial charge in [-0.15, -0.1) is 10.2 Å². The molecule has 1 aromatic heterocycles. The normalized spacial score (nSPS) is 10.5. The molecule has 4 nitrogen and oxygen atoms in total. The number of hydrogen-bond donors (Lipinski definition) is 0. The Hall–Kier alpha value is -1.47. The van der Waals surface area contributed by atoms with E-state index in [2.05, 4.69) is 10.2 Å². The number of anilines is 1. The van der Waals surface area contributed by atoms with Crippen molar-refractivity contribution in [3.05, 3.63) is 35.6 Å². The van der Waals surface area contributed by atoms with E-state index in [0.717, 1.165) is 9.47 Å². The molecule has 7 heteroatoms. The van der Waals surface area contributed by atoms with Crippen molar-refractivity contribution < 1.29 is 9.18 Å². The zero-order valence-electron chi connectivity index (χ0n) is 10.5. The zero-order chi connectivity index (χ0) is 13.8. The number of carbonyl (C=O) groups is 1. The lowest BCUT2D eigenvalue weighted by atomic mass is 10.1. The molecule has 0 aliphatic heterocycles. The molecule has 2 rings (SSSR count). The van der Waals surface area contributed by atoms with Crippen molar-refractivity contribution in [2.75, 3.05) is 24.7 Å². The molecule has 1 aromatic carbocycles. The third kappa shape index (κ3) is 3.74. The van der Waals surface area contributed by atoms with Crippen molar-refractivity contribution in [3.8, 4) is 0 Å². The van der Waals surface area contributed by atoms with Crippen LogP contribution in [-0.4, -0.2) is 35.8 Å². The highest BCUT2D eigenvalue weighted by Crippen LogP contribution is 2.27. The summed E-state index contributed by atoms with van der Waals surface area (Å²) in [7, 11) is 3.76. The monoisotopic (exact) mass is 297 g/mol. The van der Waals surface area contributed by atoms with Crippen LogP contribution in [-0.2, 0) is 0 Å². The molecule has 0 saturated heterocycles. The van der Waals surface area contributed by atoms with Gasteiger partial charge in [0.15, 0.2) is 10.1 Å². The van der Waals surface area contributed by atoms with E-state index in [1.165, 1.54) is 41.3 Å². The van der Waals surface area contributed by atoms with E-state index in [0.29, 0.717) is 5.56 Å². The van der Waals surface area contributed by atoms with E-state index in [1.54, 1.807) is 6.07 Å². The lowest BCUT2D eigenvalue weighted by Gasteiger charge is -2.03. The molecular weight excluding hydrogens is 285 g/mol. The zero-order valence-corrected chi connectivity index (χ0v) is 12.1. The molecule has 0 spiro atoms. The lowest BCUT2D eigenvalue weighted by molar-refractivity contribution is 0.102. The third-order valence-corrected chi connectivity index (χ3v) is 4.48. The molecule has 0 fully saturated rings. The summed E-state index contributed by atoms with van der Waals surface area (Å²) in [5, 5.41) is 8.76. The fourth-order valence-electron chi connectivity index (χ4n) is 1.31. The molecular formula is C12H12FN3OS2. The van der Waals surface area contributed by atoms with Crippen LogP contribution in [0, 0.1) is 5.82 Å². The molecule has 0 atom stereocenters. The second-order valence-corrected chi connectivity index (χ2v) is 6.15. The average molecular weight is 297 g/mol. The minimum atomic E-state index is -0.401.